The van der Waals surface area contributed by atoms with Gasteiger partial charge in [0.1, 0.15) is 17.1 Å². The zero-order valence-electron chi connectivity index (χ0n) is 18.4. The van der Waals surface area contributed by atoms with Crippen molar-refractivity contribution in [2.45, 2.75) is 6.42 Å². The third-order valence-electron chi connectivity index (χ3n) is 5.99. The average Bonchev–Trinajstić information content (AvgIpc) is 3.48. The monoisotopic (exact) mass is 442 g/mol. The first-order chi connectivity index (χ1) is 16.8. The highest BCUT2D eigenvalue weighted by Crippen LogP contribution is 2.38. The Bertz CT molecular complexity index is 1580. The molecule has 3 aromatic carbocycles. The number of hydrogen-bond acceptors (Lipinski definition) is 3. The lowest BCUT2D eigenvalue weighted by molar-refractivity contribution is 0.477. The van der Waals surface area contributed by atoms with Crippen molar-refractivity contribution in [1.82, 2.24) is 19.2 Å². The number of para-hydroxylation sites is 2. The summed E-state index contributed by atoms with van der Waals surface area (Å²) in [6.45, 7) is 0. The zero-order valence-corrected chi connectivity index (χ0v) is 18.4. The molecule has 0 fully saturated rings. The maximum Gasteiger partial charge on any atom is 0.137 e. The highest BCUT2D eigenvalue weighted by atomic mass is 16.3. The Kier molecular flexibility index (Phi) is 4.92. The third kappa shape index (κ3) is 3.53. The standard InChI is InChI=1S/C29H22N4O/c34-26-16-8-7-15-23(26)28-24(20-33(31-28)22-13-5-2-6-14-22)29-25(19-21-11-3-1-4-12-21)32-18-10-9-17-27(32)30-29/h1-18,20,34H,19H2. The third-order valence-corrected chi connectivity index (χ3v) is 5.99. The minimum absolute atomic E-state index is 0.190. The largest absolute Gasteiger partial charge is 0.507 e. The Morgan fingerprint density at radius 3 is 2.18 bits per heavy atom. The molecule has 0 aliphatic heterocycles. The number of benzene rings is 3. The minimum atomic E-state index is 0.190. The second-order valence-electron chi connectivity index (χ2n) is 8.19. The first-order valence-corrected chi connectivity index (χ1v) is 11.2. The summed E-state index contributed by atoms with van der Waals surface area (Å²) in [4.78, 5) is 5.03. The summed E-state index contributed by atoms with van der Waals surface area (Å²) >= 11 is 0. The highest BCUT2D eigenvalue weighted by molar-refractivity contribution is 5.84. The highest BCUT2D eigenvalue weighted by Gasteiger charge is 2.22. The Morgan fingerprint density at radius 2 is 1.38 bits per heavy atom. The maximum atomic E-state index is 10.7. The smallest absolute Gasteiger partial charge is 0.137 e. The molecule has 0 atom stereocenters. The van der Waals surface area contributed by atoms with Crippen LogP contribution in [0.4, 0.5) is 0 Å². The van der Waals surface area contributed by atoms with Crippen molar-refractivity contribution in [2.24, 2.45) is 0 Å². The van der Waals surface area contributed by atoms with Crippen molar-refractivity contribution < 1.29 is 5.11 Å². The van der Waals surface area contributed by atoms with Crippen LogP contribution in [0, 0.1) is 0 Å². The fourth-order valence-electron chi connectivity index (χ4n) is 4.35. The number of fused-ring (bicyclic) bond motifs is 1. The first-order valence-electron chi connectivity index (χ1n) is 11.2. The van der Waals surface area contributed by atoms with Gasteiger partial charge in [-0.05, 0) is 42.0 Å². The lowest BCUT2D eigenvalue weighted by Crippen LogP contribution is -1.96. The number of phenols is 1. The van der Waals surface area contributed by atoms with E-state index in [4.69, 9.17) is 10.1 Å². The van der Waals surface area contributed by atoms with E-state index in [1.165, 1.54) is 5.56 Å². The van der Waals surface area contributed by atoms with E-state index in [0.717, 1.165) is 34.7 Å². The van der Waals surface area contributed by atoms with E-state index in [9.17, 15) is 5.11 Å². The van der Waals surface area contributed by atoms with Crippen LogP contribution >= 0.6 is 0 Å². The number of phenolic OH excluding ortho intramolecular Hbond substituents is 1. The summed E-state index contributed by atoms with van der Waals surface area (Å²) in [5.74, 6) is 0.190. The van der Waals surface area contributed by atoms with Gasteiger partial charge in [-0.25, -0.2) is 9.67 Å². The van der Waals surface area contributed by atoms with Gasteiger partial charge in [0.2, 0.25) is 0 Å². The molecule has 0 aliphatic rings. The maximum absolute atomic E-state index is 10.7. The van der Waals surface area contributed by atoms with Crippen molar-refractivity contribution in [3.63, 3.8) is 0 Å². The molecule has 0 aliphatic carbocycles. The summed E-state index contributed by atoms with van der Waals surface area (Å²) in [6, 6.07) is 33.7. The molecule has 1 N–H and O–H groups in total. The van der Waals surface area contributed by atoms with Crippen LogP contribution in [-0.2, 0) is 6.42 Å². The number of pyridine rings is 1. The molecule has 0 amide bonds. The van der Waals surface area contributed by atoms with Crippen molar-refractivity contribution >= 4 is 5.65 Å². The quantitative estimate of drug-likeness (QED) is 0.348. The molecular weight excluding hydrogens is 420 g/mol. The van der Waals surface area contributed by atoms with Crippen LogP contribution in [0.25, 0.3) is 33.8 Å². The molecule has 0 saturated carbocycles. The molecular formula is C29H22N4O. The SMILES string of the molecule is Oc1ccccc1-c1nn(-c2ccccc2)cc1-c1nc2ccccn2c1Cc1ccccc1. The molecule has 0 saturated heterocycles. The Morgan fingerprint density at radius 1 is 0.676 bits per heavy atom. The molecule has 6 aromatic rings. The van der Waals surface area contributed by atoms with Crippen LogP contribution in [0.3, 0.4) is 0 Å². The van der Waals surface area contributed by atoms with Gasteiger partial charge in [0.25, 0.3) is 0 Å². The van der Waals surface area contributed by atoms with Crippen LogP contribution in [0.1, 0.15) is 11.3 Å². The molecule has 0 bridgehead atoms. The van der Waals surface area contributed by atoms with Crippen LogP contribution < -0.4 is 0 Å². The van der Waals surface area contributed by atoms with E-state index in [1.54, 1.807) is 6.07 Å². The molecule has 5 heteroatoms. The number of aromatic nitrogens is 4. The lowest BCUT2D eigenvalue weighted by atomic mass is 10.0. The van der Waals surface area contributed by atoms with Gasteiger partial charge in [0.15, 0.2) is 0 Å². The minimum Gasteiger partial charge on any atom is -0.507 e. The Balaban J connectivity index is 1.61. The predicted octanol–water partition coefficient (Wildman–Crippen LogP) is 6.15. The van der Waals surface area contributed by atoms with Gasteiger partial charge in [0.05, 0.1) is 17.1 Å². The van der Waals surface area contributed by atoms with Gasteiger partial charge < -0.3 is 9.51 Å². The van der Waals surface area contributed by atoms with Crippen molar-refractivity contribution in [3.05, 3.63) is 127 Å². The van der Waals surface area contributed by atoms with E-state index in [2.05, 4.69) is 28.7 Å². The van der Waals surface area contributed by atoms with Gasteiger partial charge in [-0.3, -0.25) is 0 Å². The van der Waals surface area contributed by atoms with E-state index < -0.39 is 0 Å². The molecule has 3 heterocycles. The molecule has 164 valence electrons. The van der Waals surface area contributed by atoms with Gasteiger partial charge in [-0.15, -0.1) is 0 Å². The van der Waals surface area contributed by atoms with Crippen molar-refractivity contribution in [3.8, 4) is 34.0 Å². The zero-order chi connectivity index (χ0) is 22.9. The molecule has 0 radical (unpaired) electrons. The number of imidazole rings is 1. The molecule has 0 unspecified atom stereocenters. The second kappa shape index (κ2) is 8.37. The normalized spacial score (nSPS) is 11.2. The number of aromatic hydroxyl groups is 1. The van der Waals surface area contributed by atoms with Gasteiger partial charge in [-0.1, -0.05) is 66.7 Å². The number of hydrogen-bond donors (Lipinski definition) is 1. The molecule has 0 spiro atoms. The van der Waals surface area contributed by atoms with E-state index in [0.29, 0.717) is 11.3 Å². The number of nitrogens with zero attached hydrogens (tertiary/aromatic N) is 4. The van der Waals surface area contributed by atoms with E-state index in [-0.39, 0.29) is 5.75 Å². The van der Waals surface area contributed by atoms with Gasteiger partial charge in [-0.2, -0.15) is 5.10 Å². The molecule has 5 nitrogen and oxygen atoms in total. The fourth-order valence-corrected chi connectivity index (χ4v) is 4.35. The predicted molar refractivity (Wildman–Crippen MR) is 134 cm³/mol. The van der Waals surface area contributed by atoms with Crippen molar-refractivity contribution in [1.29, 1.82) is 0 Å². The Hall–Kier alpha value is -4.64. The molecule has 3 aromatic heterocycles. The van der Waals surface area contributed by atoms with Gasteiger partial charge >= 0.3 is 0 Å². The molecule has 34 heavy (non-hydrogen) atoms. The summed E-state index contributed by atoms with van der Waals surface area (Å²) < 4.78 is 3.99. The summed E-state index contributed by atoms with van der Waals surface area (Å²) in [6.07, 6.45) is 4.77. The van der Waals surface area contributed by atoms with Crippen LogP contribution in [0.2, 0.25) is 0 Å². The Labute approximate surface area is 197 Å². The van der Waals surface area contributed by atoms with E-state index in [1.807, 2.05) is 89.9 Å². The van der Waals surface area contributed by atoms with E-state index >= 15 is 0 Å². The summed E-state index contributed by atoms with van der Waals surface area (Å²) in [7, 11) is 0. The topological polar surface area (TPSA) is 55.4 Å². The number of rotatable bonds is 5. The van der Waals surface area contributed by atoms with Gasteiger partial charge in [0, 0.05) is 29.9 Å². The van der Waals surface area contributed by atoms with Crippen molar-refractivity contribution in [2.75, 3.05) is 0 Å². The average molecular weight is 443 g/mol. The van der Waals surface area contributed by atoms with Crippen LogP contribution in [0.5, 0.6) is 5.75 Å². The first kappa shape index (κ1) is 20.0. The van der Waals surface area contributed by atoms with Crippen LogP contribution in [0.15, 0.2) is 116 Å². The van der Waals surface area contributed by atoms with Crippen LogP contribution in [-0.4, -0.2) is 24.3 Å². The fraction of sp³-hybridized carbons (Fsp3) is 0.0345. The summed E-state index contributed by atoms with van der Waals surface area (Å²) in [5.41, 5.74) is 7.20. The summed E-state index contributed by atoms with van der Waals surface area (Å²) in [5, 5.41) is 15.6. The lowest BCUT2D eigenvalue weighted by Gasteiger charge is -2.07. The second-order valence-corrected chi connectivity index (χ2v) is 8.19. The molecule has 6 rings (SSSR count).